The van der Waals surface area contributed by atoms with Crippen LogP contribution in [0.3, 0.4) is 0 Å². The zero-order valence-corrected chi connectivity index (χ0v) is 8.25. The Morgan fingerprint density at radius 1 is 1.19 bits per heavy atom. The van der Waals surface area contributed by atoms with Gasteiger partial charge in [0.2, 0.25) is 0 Å². The average molecular weight is 230 g/mol. The van der Waals surface area contributed by atoms with E-state index in [-0.39, 0.29) is 0 Å². The van der Waals surface area contributed by atoms with Crippen molar-refractivity contribution in [2.45, 2.75) is 24.6 Å². The number of halogens is 3. The third kappa shape index (κ3) is 2.03. The molecule has 2 rings (SSSR count). The Morgan fingerprint density at radius 3 is 2.19 bits per heavy atom. The number of ether oxygens (including phenoxy) is 1. The number of hydrogen-bond acceptors (Lipinski definition) is 2. The summed E-state index contributed by atoms with van der Waals surface area (Å²) < 4.78 is 39.3. The summed E-state index contributed by atoms with van der Waals surface area (Å²) in [5, 5.41) is 0. The lowest BCUT2D eigenvalue weighted by atomic mass is 9.96. The maximum absolute atomic E-state index is 11.9. The van der Waals surface area contributed by atoms with Crippen LogP contribution in [0.5, 0.6) is 0 Å². The molecule has 1 saturated carbocycles. The molecule has 0 saturated heterocycles. The summed E-state index contributed by atoms with van der Waals surface area (Å²) in [6.45, 7) is 0. The van der Waals surface area contributed by atoms with E-state index in [0.717, 1.165) is 0 Å². The first kappa shape index (κ1) is 11.0. The molecule has 1 fully saturated rings. The molecule has 0 heterocycles. The van der Waals surface area contributed by atoms with Gasteiger partial charge in [-0.1, -0.05) is 30.3 Å². The van der Waals surface area contributed by atoms with Crippen LogP contribution in [-0.2, 0) is 14.9 Å². The molecule has 0 aliphatic heterocycles. The summed E-state index contributed by atoms with van der Waals surface area (Å²) in [5.74, 6) is -1.20. The molecule has 0 unspecified atom stereocenters. The molecule has 0 N–H and O–H groups in total. The van der Waals surface area contributed by atoms with E-state index in [0.29, 0.717) is 18.4 Å². The van der Waals surface area contributed by atoms with Gasteiger partial charge in [-0.3, -0.25) is 4.79 Å². The second kappa shape index (κ2) is 3.50. The fourth-order valence-corrected chi connectivity index (χ4v) is 1.70. The molecule has 16 heavy (non-hydrogen) atoms. The quantitative estimate of drug-likeness (QED) is 0.730. The van der Waals surface area contributed by atoms with Crippen molar-refractivity contribution >= 4 is 5.97 Å². The predicted octanol–water partition coefficient (Wildman–Crippen LogP) is 2.78. The van der Waals surface area contributed by atoms with Crippen molar-refractivity contribution in [1.29, 1.82) is 0 Å². The van der Waals surface area contributed by atoms with Gasteiger partial charge in [-0.25, -0.2) is 0 Å². The van der Waals surface area contributed by atoms with Crippen molar-refractivity contribution in [3.05, 3.63) is 35.9 Å². The molecule has 5 heteroatoms. The number of alkyl halides is 3. The second-order valence-electron chi connectivity index (χ2n) is 3.78. The zero-order valence-electron chi connectivity index (χ0n) is 8.25. The van der Waals surface area contributed by atoms with Crippen molar-refractivity contribution in [1.82, 2.24) is 0 Å². The maximum atomic E-state index is 11.9. The number of rotatable bonds is 2. The van der Waals surface area contributed by atoms with Crippen LogP contribution in [0.25, 0.3) is 0 Å². The van der Waals surface area contributed by atoms with Crippen LogP contribution in [0, 0.1) is 0 Å². The van der Waals surface area contributed by atoms with Gasteiger partial charge in [0.15, 0.2) is 0 Å². The molecule has 1 aliphatic carbocycles. The van der Waals surface area contributed by atoms with Crippen LogP contribution in [0.15, 0.2) is 30.3 Å². The van der Waals surface area contributed by atoms with E-state index in [4.69, 9.17) is 0 Å². The summed E-state index contributed by atoms with van der Waals surface area (Å²) in [7, 11) is 0. The predicted molar refractivity (Wildman–Crippen MR) is 49.5 cm³/mol. The number of hydrogen-bond donors (Lipinski definition) is 0. The SMILES string of the molecule is O=C(OC(F)(F)F)C1(c2ccccc2)CC1. The van der Waals surface area contributed by atoms with Gasteiger partial charge in [0.1, 0.15) is 0 Å². The Hall–Kier alpha value is -1.52. The van der Waals surface area contributed by atoms with E-state index in [9.17, 15) is 18.0 Å². The van der Waals surface area contributed by atoms with Crippen molar-refractivity contribution in [3.63, 3.8) is 0 Å². The third-order valence-electron chi connectivity index (χ3n) is 2.68. The number of benzene rings is 1. The van der Waals surface area contributed by atoms with Gasteiger partial charge in [0, 0.05) is 0 Å². The zero-order chi connectivity index (χ0) is 11.8. The maximum Gasteiger partial charge on any atom is 0.575 e. The Morgan fingerprint density at radius 2 is 1.75 bits per heavy atom. The lowest BCUT2D eigenvalue weighted by molar-refractivity contribution is -0.307. The average Bonchev–Trinajstić information content (AvgIpc) is 2.97. The minimum atomic E-state index is -4.90. The number of carbonyl (C=O) groups is 1. The monoisotopic (exact) mass is 230 g/mol. The van der Waals surface area contributed by atoms with Crippen molar-refractivity contribution in [2.75, 3.05) is 0 Å². The van der Waals surface area contributed by atoms with E-state index in [1.807, 2.05) is 0 Å². The molecule has 0 spiro atoms. The largest absolute Gasteiger partial charge is 0.575 e. The van der Waals surface area contributed by atoms with Crippen molar-refractivity contribution in [2.24, 2.45) is 0 Å². The van der Waals surface area contributed by atoms with Crippen molar-refractivity contribution in [3.8, 4) is 0 Å². The van der Waals surface area contributed by atoms with Crippen molar-refractivity contribution < 1.29 is 22.7 Å². The molecule has 2 nitrogen and oxygen atoms in total. The highest BCUT2D eigenvalue weighted by atomic mass is 19.4. The summed E-state index contributed by atoms with van der Waals surface area (Å²) in [6, 6.07) is 8.41. The molecular weight excluding hydrogens is 221 g/mol. The van der Waals surface area contributed by atoms with E-state index >= 15 is 0 Å². The van der Waals surface area contributed by atoms with Crippen LogP contribution in [0.2, 0.25) is 0 Å². The highest BCUT2D eigenvalue weighted by Crippen LogP contribution is 2.49. The highest BCUT2D eigenvalue weighted by Gasteiger charge is 2.55. The Labute approximate surface area is 90.0 Å². The van der Waals surface area contributed by atoms with Crippen LogP contribution >= 0.6 is 0 Å². The fraction of sp³-hybridized carbons (Fsp3) is 0.364. The third-order valence-corrected chi connectivity index (χ3v) is 2.68. The first-order valence-corrected chi connectivity index (χ1v) is 4.80. The van der Waals surface area contributed by atoms with E-state index in [1.165, 1.54) is 0 Å². The van der Waals surface area contributed by atoms with Crippen LogP contribution < -0.4 is 0 Å². The van der Waals surface area contributed by atoms with Gasteiger partial charge in [0.25, 0.3) is 0 Å². The summed E-state index contributed by atoms with van der Waals surface area (Å²) in [4.78, 5) is 11.4. The van der Waals surface area contributed by atoms with Gasteiger partial charge in [-0.05, 0) is 18.4 Å². The molecule has 0 bridgehead atoms. The molecular formula is C11H9F3O2. The molecule has 1 aromatic carbocycles. The van der Waals surface area contributed by atoms with Gasteiger partial charge >= 0.3 is 12.3 Å². The summed E-state index contributed by atoms with van der Waals surface area (Å²) in [5.41, 5.74) is -0.485. The lowest BCUT2D eigenvalue weighted by Crippen LogP contribution is -2.29. The fourth-order valence-electron chi connectivity index (χ4n) is 1.70. The molecule has 0 radical (unpaired) electrons. The number of esters is 1. The molecule has 86 valence electrons. The minimum absolute atomic E-state index is 0.409. The Balaban J connectivity index is 2.18. The van der Waals surface area contributed by atoms with Crippen LogP contribution in [-0.4, -0.2) is 12.3 Å². The van der Waals surface area contributed by atoms with E-state index < -0.39 is 17.7 Å². The number of carbonyl (C=O) groups excluding carboxylic acids is 1. The Kier molecular flexibility index (Phi) is 2.40. The van der Waals surface area contributed by atoms with Gasteiger partial charge < -0.3 is 4.74 Å². The lowest BCUT2D eigenvalue weighted by Gasteiger charge is -2.15. The molecule has 0 atom stereocenters. The van der Waals surface area contributed by atoms with E-state index in [1.54, 1.807) is 30.3 Å². The molecule has 1 aromatic rings. The first-order valence-electron chi connectivity index (χ1n) is 4.80. The highest BCUT2D eigenvalue weighted by molar-refractivity contribution is 5.86. The molecule has 1 aliphatic rings. The summed E-state index contributed by atoms with van der Waals surface area (Å²) >= 11 is 0. The standard InChI is InChI=1S/C11H9F3O2/c12-11(13,14)16-9(15)10(6-7-10)8-4-2-1-3-5-8/h1-5H,6-7H2. The normalized spacial score (nSPS) is 17.9. The molecule has 0 amide bonds. The smallest absolute Gasteiger partial charge is 0.372 e. The second-order valence-corrected chi connectivity index (χ2v) is 3.78. The van der Waals surface area contributed by atoms with E-state index in [2.05, 4.69) is 4.74 Å². The van der Waals surface area contributed by atoms with Crippen LogP contribution in [0.1, 0.15) is 18.4 Å². The minimum Gasteiger partial charge on any atom is -0.372 e. The topological polar surface area (TPSA) is 26.3 Å². The Bertz CT molecular complexity index is 393. The summed E-state index contributed by atoms with van der Waals surface area (Å²) in [6.07, 6.45) is -4.08. The van der Waals surface area contributed by atoms with Gasteiger partial charge in [-0.2, -0.15) is 0 Å². The van der Waals surface area contributed by atoms with Gasteiger partial charge in [-0.15, -0.1) is 13.2 Å². The van der Waals surface area contributed by atoms with Crippen LogP contribution in [0.4, 0.5) is 13.2 Å². The first-order chi connectivity index (χ1) is 7.44. The van der Waals surface area contributed by atoms with Gasteiger partial charge in [0.05, 0.1) is 5.41 Å². The molecule has 0 aromatic heterocycles.